The van der Waals surface area contributed by atoms with Gasteiger partial charge in [-0.1, -0.05) is 6.92 Å². The molecule has 1 aliphatic rings. The van der Waals surface area contributed by atoms with Crippen LogP contribution in [-0.2, 0) is 4.79 Å². The first-order valence-electron chi connectivity index (χ1n) is 5.82. The van der Waals surface area contributed by atoms with Gasteiger partial charge in [-0.25, -0.2) is 0 Å². The van der Waals surface area contributed by atoms with Crippen molar-refractivity contribution in [1.82, 2.24) is 10.2 Å². The number of likely N-dealkylation sites (N-methyl/N-ethyl adjacent to an activating group) is 1. The zero-order valence-corrected chi connectivity index (χ0v) is 9.99. The molecule has 15 heavy (non-hydrogen) atoms. The summed E-state index contributed by atoms with van der Waals surface area (Å²) in [6.07, 6.45) is 3.63. The van der Waals surface area contributed by atoms with E-state index in [1.54, 1.807) is 7.05 Å². The molecular formula is C11H23N3O. The zero-order valence-electron chi connectivity index (χ0n) is 9.99. The Balaban J connectivity index is 2.57. The number of amides is 1. The summed E-state index contributed by atoms with van der Waals surface area (Å²) in [4.78, 5) is 13.6. The molecule has 1 fully saturated rings. The standard InChI is InChI=1S/C11H23N3O/c1-4-9-6-5-8(2)14(9)7-10(13-3)11(12)15/h8-10,13H,4-7H2,1-3H3,(H2,12,15). The number of nitrogens with two attached hydrogens (primary N) is 1. The van der Waals surface area contributed by atoms with Crippen molar-refractivity contribution in [1.29, 1.82) is 0 Å². The van der Waals surface area contributed by atoms with Crippen LogP contribution in [-0.4, -0.2) is 42.5 Å². The van der Waals surface area contributed by atoms with Crippen molar-refractivity contribution in [3.05, 3.63) is 0 Å². The van der Waals surface area contributed by atoms with E-state index in [0.717, 1.165) is 13.0 Å². The Morgan fingerprint density at radius 1 is 1.60 bits per heavy atom. The van der Waals surface area contributed by atoms with Crippen molar-refractivity contribution < 1.29 is 4.79 Å². The summed E-state index contributed by atoms with van der Waals surface area (Å²) in [6.45, 7) is 5.17. The Labute approximate surface area is 92.2 Å². The molecule has 0 bridgehead atoms. The Kier molecular flexibility index (Phi) is 4.54. The maximum atomic E-state index is 11.2. The van der Waals surface area contributed by atoms with Gasteiger partial charge in [0.15, 0.2) is 0 Å². The second kappa shape index (κ2) is 5.47. The molecule has 3 N–H and O–H groups in total. The zero-order chi connectivity index (χ0) is 11.4. The van der Waals surface area contributed by atoms with E-state index >= 15 is 0 Å². The average Bonchev–Trinajstić information content (AvgIpc) is 2.55. The fraction of sp³-hybridized carbons (Fsp3) is 0.909. The molecule has 1 rings (SSSR count). The molecule has 4 heteroatoms. The first-order chi connectivity index (χ1) is 7.10. The molecule has 88 valence electrons. The van der Waals surface area contributed by atoms with Crippen LogP contribution >= 0.6 is 0 Å². The minimum atomic E-state index is -0.258. The third kappa shape index (κ3) is 2.92. The smallest absolute Gasteiger partial charge is 0.235 e. The lowest BCUT2D eigenvalue weighted by atomic mass is 10.1. The fourth-order valence-electron chi connectivity index (χ4n) is 2.43. The highest BCUT2D eigenvalue weighted by atomic mass is 16.1. The van der Waals surface area contributed by atoms with E-state index in [1.807, 2.05) is 0 Å². The molecule has 0 saturated carbocycles. The van der Waals surface area contributed by atoms with Gasteiger partial charge in [0.1, 0.15) is 0 Å². The largest absolute Gasteiger partial charge is 0.368 e. The number of rotatable bonds is 5. The molecule has 0 aromatic carbocycles. The molecule has 1 heterocycles. The first kappa shape index (κ1) is 12.5. The van der Waals surface area contributed by atoms with E-state index in [-0.39, 0.29) is 11.9 Å². The van der Waals surface area contributed by atoms with E-state index in [2.05, 4.69) is 24.1 Å². The average molecular weight is 213 g/mol. The van der Waals surface area contributed by atoms with Crippen LogP contribution in [0.5, 0.6) is 0 Å². The molecule has 1 saturated heterocycles. The number of nitrogens with one attached hydrogen (secondary N) is 1. The number of carbonyl (C=O) groups is 1. The summed E-state index contributed by atoms with van der Waals surface area (Å²) in [5.74, 6) is -0.258. The Morgan fingerprint density at radius 2 is 2.27 bits per heavy atom. The van der Waals surface area contributed by atoms with Gasteiger partial charge in [0.05, 0.1) is 6.04 Å². The molecule has 1 aliphatic heterocycles. The van der Waals surface area contributed by atoms with Crippen LogP contribution < -0.4 is 11.1 Å². The van der Waals surface area contributed by atoms with Crippen LogP contribution in [0, 0.1) is 0 Å². The van der Waals surface area contributed by atoms with Gasteiger partial charge >= 0.3 is 0 Å². The van der Waals surface area contributed by atoms with E-state index in [1.165, 1.54) is 12.8 Å². The molecule has 0 aromatic rings. The topological polar surface area (TPSA) is 58.4 Å². The third-order valence-corrected chi connectivity index (χ3v) is 3.51. The Morgan fingerprint density at radius 3 is 2.73 bits per heavy atom. The quantitative estimate of drug-likeness (QED) is 0.691. The number of hydrogen-bond acceptors (Lipinski definition) is 3. The molecule has 1 amide bonds. The lowest BCUT2D eigenvalue weighted by Gasteiger charge is -2.30. The third-order valence-electron chi connectivity index (χ3n) is 3.51. The SMILES string of the molecule is CCC1CCC(C)N1CC(NC)C(N)=O. The fourth-order valence-corrected chi connectivity index (χ4v) is 2.43. The number of likely N-dealkylation sites (tertiary alicyclic amines) is 1. The minimum absolute atomic E-state index is 0.223. The van der Waals surface area contributed by atoms with E-state index in [9.17, 15) is 4.79 Å². The molecule has 4 nitrogen and oxygen atoms in total. The summed E-state index contributed by atoms with van der Waals surface area (Å²) >= 11 is 0. The van der Waals surface area contributed by atoms with E-state index in [4.69, 9.17) is 5.73 Å². The van der Waals surface area contributed by atoms with Gasteiger partial charge in [0, 0.05) is 18.6 Å². The van der Waals surface area contributed by atoms with Crippen LogP contribution in [0.4, 0.5) is 0 Å². The molecule has 0 aliphatic carbocycles. The second-order valence-electron chi connectivity index (χ2n) is 4.43. The van der Waals surface area contributed by atoms with Gasteiger partial charge < -0.3 is 11.1 Å². The van der Waals surface area contributed by atoms with Crippen LogP contribution in [0.1, 0.15) is 33.1 Å². The second-order valence-corrected chi connectivity index (χ2v) is 4.43. The maximum absolute atomic E-state index is 11.2. The lowest BCUT2D eigenvalue weighted by Crippen LogP contribution is -2.50. The van der Waals surface area contributed by atoms with Crippen LogP contribution in [0.25, 0.3) is 0 Å². The van der Waals surface area contributed by atoms with Gasteiger partial charge in [0.25, 0.3) is 0 Å². The van der Waals surface area contributed by atoms with E-state index in [0.29, 0.717) is 12.1 Å². The Bertz CT molecular complexity index is 220. The van der Waals surface area contributed by atoms with Crippen LogP contribution in [0.2, 0.25) is 0 Å². The number of hydrogen-bond donors (Lipinski definition) is 2. The van der Waals surface area contributed by atoms with Gasteiger partial charge in [0.2, 0.25) is 5.91 Å². The predicted molar refractivity (Wildman–Crippen MR) is 61.5 cm³/mol. The molecule has 3 unspecified atom stereocenters. The Hall–Kier alpha value is -0.610. The number of carbonyl (C=O) groups excluding carboxylic acids is 1. The number of nitrogens with zero attached hydrogens (tertiary/aromatic N) is 1. The highest BCUT2D eigenvalue weighted by molar-refractivity contribution is 5.80. The maximum Gasteiger partial charge on any atom is 0.235 e. The number of primary amides is 1. The molecule has 0 spiro atoms. The highest BCUT2D eigenvalue weighted by Gasteiger charge is 2.31. The summed E-state index contributed by atoms with van der Waals surface area (Å²) in [5.41, 5.74) is 5.33. The summed E-state index contributed by atoms with van der Waals surface area (Å²) in [7, 11) is 1.79. The molecular weight excluding hydrogens is 190 g/mol. The van der Waals surface area contributed by atoms with Crippen molar-refractivity contribution in [2.24, 2.45) is 5.73 Å². The van der Waals surface area contributed by atoms with Crippen molar-refractivity contribution in [3.8, 4) is 0 Å². The van der Waals surface area contributed by atoms with Crippen molar-refractivity contribution in [2.45, 2.75) is 51.2 Å². The normalized spacial score (nSPS) is 29.3. The first-order valence-corrected chi connectivity index (χ1v) is 5.82. The van der Waals surface area contributed by atoms with Crippen LogP contribution in [0.3, 0.4) is 0 Å². The van der Waals surface area contributed by atoms with Crippen molar-refractivity contribution in [3.63, 3.8) is 0 Å². The highest BCUT2D eigenvalue weighted by Crippen LogP contribution is 2.25. The monoisotopic (exact) mass is 213 g/mol. The van der Waals surface area contributed by atoms with E-state index < -0.39 is 0 Å². The lowest BCUT2D eigenvalue weighted by molar-refractivity contribution is -0.120. The van der Waals surface area contributed by atoms with Crippen LogP contribution in [0.15, 0.2) is 0 Å². The minimum Gasteiger partial charge on any atom is -0.368 e. The molecule has 0 aromatic heterocycles. The summed E-state index contributed by atoms with van der Waals surface area (Å²) in [5, 5.41) is 2.98. The molecule has 3 atom stereocenters. The summed E-state index contributed by atoms with van der Waals surface area (Å²) < 4.78 is 0. The van der Waals surface area contributed by atoms with Crippen molar-refractivity contribution in [2.75, 3.05) is 13.6 Å². The van der Waals surface area contributed by atoms with Crippen molar-refractivity contribution >= 4 is 5.91 Å². The summed E-state index contributed by atoms with van der Waals surface area (Å²) in [6, 6.07) is 0.972. The predicted octanol–water partition coefficient (Wildman–Crippen LogP) is 0.323. The van der Waals surface area contributed by atoms with Gasteiger partial charge in [-0.2, -0.15) is 0 Å². The van der Waals surface area contributed by atoms with Gasteiger partial charge in [-0.05, 0) is 33.2 Å². The van der Waals surface area contributed by atoms with Gasteiger partial charge in [-0.3, -0.25) is 9.69 Å². The molecule has 0 radical (unpaired) electrons. The van der Waals surface area contributed by atoms with Gasteiger partial charge in [-0.15, -0.1) is 0 Å².